The van der Waals surface area contributed by atoms with E-state index >= 15 is 0 Å². The molecule has 0 bridgehead atoms. The van der Waals surface area contributed by atoms with Crippen molar-refractivity contribution >= 4 is 17.5 Å². The average molecular weight is 373 g/mol. The van der Waals surface area contributed by atoms with E-state index in [1.807, 2.05) is 6.08 Å². The van der Waals surface area contributed by atoms with Crippen LogP contribution in [0.2, 0.25) is 0 Å². The van der Waals surface area contributed by atoms with Crippen LogP contribution >= 0.6 is 0 Å². The Hall–Kier alpha value is -1.45. The van der Waals surface area contributed by atoms with E-state index < -0.39 is 0 Å². The van der Waals surface area contributed by atoms with Crippen molar-refractivity contribution in [2.24, 2.45) is 34.5 Å². The third kappa shape index (κ3) is 2.91. The summed E-state index contributed by atoms with van der Waals surface area (Å²) in [6.45, 7) is 6.00. The molecule has 0 spiro atoms. The van der Waals surface area contributed by atoms with E-state index in [1.54, 1.807) is 0 Å². The molecule has 4 aliphatic rings. The number of allylic oxidation sites excluding steroid dienone is 1. The molecule has 27 heavy (non-hydrogen) atoms. The maximum absolute atomic E-state index is 12.8. The lowest BCUT2D eigenvalue weighted by atomic mass is 9.46. The summed E-state index contributed by atoms with van der Waals surface area (Å²) in [6, 6.07) is 0. The van der Waals surface area contributed by atoms with Crippen molar-refractivity contribution in [2.75, 3.05) is 6.61 Å². The summed E-state index contributed by atoms with van der Waals surface area (Å²) in [4.78, 5) is 35.8. The molecule has 0 unspecified atom stereocenters. The van der Waals surface area contributed by atoms with Gasteiger partial charge in [0.2, 0.25) is 0 Å². The van der Waals surface area contributed by atoms with Gasteiger partial charge in [-0.1, -0.05) is 19.4 Å². The fraction of sp³-hybridized carbons (Fsp3) is 0.783. The minimum Gasteiger partial charge on any atom is -0.458 e. The van der Waals surface area contributed by atoms with Gasteiger partial charge in [-0.05, 0) is 79.6 Å². The van der Waals surface area contributed by atoms with Gasteiger partial charge in [0, 0.05) is 19.3 Å². The molecule has 6 atom stereocenters. The zero-order valence-corrected chi connectivity index (χ0v) is 16.9. The highest BCUT2D eigenvalue weighted by molar-refractivity contribution is 5.91. The van der Waals surface area contributed by atoms with E-state index in [9.17, 15) is 14.4 Å². The summed E-state index contributed by atoms with van der Waals surface area (Å²) in [6.07, 6.45) is 10.1. The summed E-state index contributed by atoms with van der Waals surface area (Å²) in [5.41, 5.74) is 1.61. The summed E-state index contributed by atoms with van der Waals surface area (Å²) in [7, 11) is 0. The van der Waals surface area contributed by atoms with E-state index in [2.05, 4.69) is 13.8 Å². The Bertz CT molecular complexity index is 707. The first kappa shape index (κ1) is 18.9. The van der Waals surface area contributed by atoms with Crippen LogP contribution < -0.4 is 0 Å². The molecule has 4 aliphatic carbocycles. The fourth-order valence-electron chi connectivity index (χ4n) is 7.36. The molecule has 0 aliphatic heterocycles. The maximum Gasteiger partial charge on any atom is 0.303 e. The maximum atomic E-state index is 12.8. The van der Waals surface area contributed by atoms with Crippen LogP contribution in [0, 0.1) is 34.5 Å². The first-order valence-corrected chi connectivity index (χ1v) is 10.7. The number of hydrogen-bond donors (Lipinski definition) is 0. The van der Waals surface area contributed by atoms with E-state index in [4.69, 9.17) is 4.74 Å². The van der Waals surface area contributed by atoms with E-state index in [1.165, 1.54) is 12.5 Å². The minimum absolute atomic E-state index is 0.0282. The van der Waals surface area contributed by atoms with Crippen molar-refractivity contribution in [1.82, 2.24) is 0 Å². The van der Waals surface area contributed by atoms with E-state index in [0.717, 1.165) is 44.9 Å². The fourth-order valence-corrected chi connectivity index (χ4v) is 7.36. The van der Waals surface area contributed by atoms with Crippen LogP contribution in [0.4, 0.5) is 0 Å². The molecule has 4 nitrogen and oxygen atoms in total. The quantitative estimate of drug-likeness (QED) is 0.694. The van der Waals surface area contributed by atoms with Gasteiger partial charge in [-0.2, -0.15) is 0 Å². The molecule has 3 fully saturated rings. The second-order valence-electron chi connectivity index (χ2n) is 9.89. The topological polar surface area (TPSA) is 60.4 Å². The van der Waals surface area contributed by atoms with Crippen molar-refractivity contribution in [3.8, 4) is 0 Å². The molecular weight excluding hydrogens is 340 g/mol. The van der Waals surface area contributed by atoms with Gasteiger partial charge in [-0.25, -0.2) is 0 Å². The smallest absolute Gasteiger partial charge is 0.303 e. The Morgan fingerprint density at radius 2 is 1.85 bits per heavy atom. The number of rotatable bonds is 3. The van der Waals surface area contributed by atoms with Crippen molar-refractivity contribution in [3.05, 3.63) is 11.6 Å². The Morgan fingerprint density at radius 3 is 2.59 bits per heavy atom. The highest BCUT2D eigenvalue weighted by Gasteiger charge is 2.60. The lowest BCUT2D eigenvalue weighted by Gasteiger charge is -2.58. The van der Waals surface area contributed by atoms with Gasteiger partial charge in [0.25, 0.3) is 0 Å². The normalized spacial score (nSPS) is 43.2. The molecule has 0 aromatic rings. The molecule has 0 radical (unpaired) electrons. The van der Waals surface area contributed by atoms with Crippen molar-refractivity contribution in [1.29, 1.82) is 0 Å². The Labute approximate surface area is 162 Å². The van der Waals surface area contributed by atoms with Gasteiger partial charge in [0.05, 0.1) is 0 Å². The van der Waals surface area contributed by atoms with Crippen molar-refractivity contribution in [2.45, 2.75) is 72.1 Å². The predicted molar refractivity (Wildman–Crippen MR) is 102 cm³/mol. The van der Waals surface area contributed by atoms with Crippen LogP contribution in [0.15, 0.2) is 11.6 Å². The Kier molecular flexibility index (Phi) is 4.59. The second kappa shape index (κ2) is 6.56. The van der Waals surface area contributed by atoms with E-state index in [-0.39, 0.29) is 35.1 Å². The van der Waals surface area contributed by atoms with Crippen LogP contribution in [0.3, 0.4) is 0 Å². The van der Waals surface area contributed by atoms with Crippen molar-refractivity contribution in [3.63, 3.8) is 0 Å². The van der Waals surface area contributed by atoms with Gasteiger partial charge in [-0.15, -0.1) is 0 Å². The summed E-state index contributed by atoms with van der Waals surface area (Å²) in [5.74, 6) is 1.95. The van der Waals surface area contributed by atoms with E-state index in [0.29, 0.717) is 30.0 Å². The number of ether oxygens (including phenoxy) is 1. The van der Waals surface area contributed by atoms with Gasteiger partial charge in [0.15, 0.2) is 11.6 Å². The molecule has 0 saturated heterocycles. The highest BCUT2D eigenvalue weighted by atomic mass is 16.5. The van der Waals surface area contributed by atoms with Gasteiger partial charge < -0.3 is 4.74 Å². The van der Waals surface area contributed by atoms with Gasteiger partial charge in [-0.3, -0.25) is 14.4 Å². The first-order chi connectivity index (χ1) is 12.8. The number of Topliss-reactive ketones (excluding diaryl/α,β-unsaturated/α-hetero) is 1. The number of esters is 1. The third-order valence-corrected chi connectivity index (χ3v) is 8.77. The molecule has 0 N–H and O–H groups in total. The molecule has 0 amide bonds. The molecular formula is C23H32O4. The molecule has 148 valence electrons. The SMILES string of the molecule is CC(=O)OCC(=O)[C@H]1CC[C@H]2[C@H]3CCC4=CC(=O)CC[C@]4(C)[C@@H]3CC[C@]12C. The van der Waals surface area contributed by atoms with Gasteiger partial charge in [0.1, 0.15) is 6.61 Å². The largest absolute Gasteiger partial charge is 0.458 e. The van der Waals surface area contributed by atoms with Crippen LogP contribution in [0.25, 0.3) is 0 Å². The number of hydrogen-bond acceptors (Lipinski definition) is 4. The first-order valence-electron chi connectivity index (χ1n) is 10.7. The predicted octanol–water partition coefficient (Wildman–Crippen LogP) is 4.27. The van der Waals surface area contributed by atoms with Crippen LogP contribution in [-0.4, -0.2) is 24.1 Å². The lowest BCUT2D eigenvalue weighted by Crippen LogP contribution is -2.51. The average Bonchev–Trinajstić information content (AvgIpc) is 2.97. The zero-order valence-electron chi connectivity index (χ0n) is 16.9. The van der Waals surface area contributed by atoms with Gasteiger partial charge >= 0.3 is 5.97 Å². The number of ketones is 2. The van der Waals surface area contributed by atoms with Crippen LogP contribution in [0.5, 0.6) is 0 Å². The van der Waals surface area contributed by atoms with Crippen LogP contribution in [-0.2, 0) is 19.1 Å². The molecule has 4 heteroatoms. The summed E-state index contributed by atoms with van der Waals surface area (Å²) < 4.78 is 5.02. The zero-order chi connectivity index (χ0) is 19.4. The molecule has 4 rings (SSSR count). The molecule has 0 aromatic heterocycles. The highest BCUT2D eigenvalue weighted by Crippen LogP contribution is 2.66. The summed E-state index contributed by atoms with van der Waals surface area (Å²) in [5, 5.41) is 0. The monoisotopic (exact) mass is 372 g/mol. The number of fused-ring (bicyclic) bond motifs is 5. The lowest BCUT2D eigenvalue weighted by molar-refractivity contribution is -0.149. The van der Waals surface area contributed by atoms with Crippen LogP contribution in [0.1, 0.15) is 72.1 Å². The molecule has 0 heterocycles. The third-order valence-electron chi connectivity index (χ3n) is 8.77. The summed E-state index contributed by atoms with van der Waals surface area (Å²) >= 11 is 0. The molecule has 0 aromatic carbocycles. The molecule has 3 saturated carbocycles. The number of carbonyl (C=O) groups is 3. The number of carbonyl (C=O) groups excluding carboxylic acids is 3. The standard InChI is InChI=1S/C23H32O4/c1-14(24)27-13-21(26)20-7-6-18-17-5-4-15-12-16(25)8-10-22(15,2)19(17)9-11-23(18,20)3/h12,17-20H,4-11,13H2,1-3H3/t17-,18+,19-,20-,22+,23+/m1/s1. The second-order valence-corrected chi connectivity index (χ2v) is 9.89. The Morgan fingerprint density at radius 1 is 1.07 bits per heavy atom. The minimum atomic E-state index is -0.377. The van der Waals surface area contributed by atoms with Crippen molar-refractivity contribution < 1.29 is 19.1 Å². The Balaban J connectivity index is 1.56.